The summed E-state index contributed by atoms with van der Waals surface area (Å²) in [6.07, 6.45) is -1.49. The number of aromatic nitrogens is 2. The molecule has 0 amide bonds. The van der Waals surface area contributed by atoms with Crippen molar-refractivity contribution in [1.29, 1.82) is 0 Å². The van der Waals surface area contributed by atoms with E-state index in [0.29, 0.717) is 0 Å². The Morgan fingerprint density at radius 3 is 2.63 bits per heavy atom. The van der Waals surface area contributed by atoms with Crippen LogP contribution >= 0.6 is 0 Å². The first-order chi connectivity index (χ1) is 8.99. The zero-order chi connectivity index (χ0) is 13.9. The van der Waals surface area contributed by atoms with E-state index in [2.05, 4.69) is 27.1 Å². The van der Waals surface area contributed by atoms with Crippen molar-refractivity contribution in [3.05, 3.63) is 18.0 Å². The van der Waals surface area contributed by atoms with Crippen molar-refractivity contribution in [3.8, 4) is 0 Å². The second-order valence-electron chi connectivity index (χ2n) is 4.62. The van der Waals surface area contributed by atoms with Crippen LogP contribution in [0.3, 0.4) is 0 Å². The number of nitrogens with one attached hydrogen (secondary N) is 1. The minimum Gasteiger partial charge on any atom is -0.351 e. The highest BCUT2D eigenvalue weighted by atomic mass is 19.4. The molecule has 1 aromatic rings. The first kappa shape index (κ1) is 14.0. The average molecular weight is 274 g/mol. The number of alkyl halides is 3. The van der Waals surface area contributed by atoms with Gasteiger partial charge in [-0.25, -0.2) is 9.97 Å². The van der Waals surface area contributed by atoms with E-state index in [1.165, 1.54) is 0 Å². The van der Waals surface area contributed by atoms with E-state index >= 15 is 0 Å². The molecule has 7 heteroatoms. The van der Waals surface area contributed by atoms with Crippen molar-refractivity contribution in [3.63, 3.8) is 0 Å². The highest BCUT2D eigenvalue weighted by Crippen LogP contribution is 2.27. The van der Waals surface area contributed by atoms with Crippen LogP contribution in [0, 0.1) is 0 Å². The first-order valence-corrected chi connectivity index (χ1v) is 6.38. The molecule has 0 atom stereocenters. The molecule has 2 rings (SSSR count). The summed E-state index contributed by atoms with van der Waals surface area (Å²) in [5.41, 5.74) is -0.906. The first-order valence-electron chi connectivity index (χ1n) is 6.38. The molecule has 0 aromatic carbocycles. The van der Waals surface area contributed by atoms with Gasteiger partial charge in [0.2, 0.25) is 5.95 Å². The zero-order valence-corrected chi connectivity index (χ0v) is 10.7. The summed E-state index contributed by atoms with van der Waals surface area (Å²) in [4.78, 5) is 9.68. The summed E-state index contributed by atoms with van der Waals surface area (Å²) in [7, 11) is 0. The van der Waals surface area contributed by atoms with Gasteiger partial charge in [-0.2, -0.15) is 13.2 Å². The highest BCUT2D eigenvalue weighted by Gasteiger charge is 2.33. The lowest BCUT2D eigenvalue weighted by molar-refractivity contribution is -0.141. The molecule has 19 heavy (non-hydrogen) atoms. The number of anilines is 1. The van der Waals surface area contributed by atoms with E-state index in [-0.39, 0.29) is 12.0 Å². The number of halogens is 3. The Kier molecular flexibility index (Phi) is 4.24. The minimum atomic E-state index is -4.43. The van der Waals surface area contributed by atoms with Crippen LogP contribution in [0.25, 0.3) is 0 Å². The van der Waals surface area contributed by atoms with Crippen molar-refractivity contribution < 1.29 is 13.2 Å². The van der Waals surface area contributed by atoms with Gasteiger partial charge in [-0.05, 0) is 25.5 Å². The predicted octanol–water partition coefficient (Wildman–Crippen LogP) is 2.39. The molecular weight excluding hydrogens is 257 g/mol. The molecule has 1 N–H and O–H groups in total. The third kappa shape index (κ3) is 3.79. The van der Waals surface area contributed by atoms with Crippen LogP contribution in [0.2, 0.25) is 0 Å². The van der Waals surface area contributed by atoms with Crippen molar-refractivity contribution in [2.45, 2.75) is 32.0 Å². The maximum absolute atomic E-state index is 12.5. The van der Waals surface area contributed by atoms with Gasteiger partial charge in [0.1, 0.15) is 5.69 Å². The smallest absolute Gasteiger partial charge is 0.351 e. The van der Waals surface area contributed by atoms with Crippen LogP contribution in [-0.2, 0) is 6.18 Å². The second kappa shape index (κ2) is 5.73. The average Bonchev–Trinajstić information content (AvgIpc) is 2.39. The number of rotatable bonds is 3. The Morgan fingerprint density at radius 2 is 2.05 bits per heavy atom. The summed E-state index contributed by atoms with van der Waals surface area (Å²) in [5.74, 6) is 0.0600. The van der Waals surface area contributed by atoms with Crippen molar-refractivity contribution in [1.82, 2.24) is 14.9 Å². The molecule has 0 bridgehead atoms. The summed E-state index contributed by atoms with van der Waals surface area (Å²) in [6.45, 7) is 5.01. The van der Waals surface area contributed by atoms with E-state index in [9.17, 15) is 13.2 Å². The van der Waals surface area contributed by atoms with Gasteiger partial charge in [0.15, 0.2) is 0 Å². The standard InChI is InChI=1S/C12H17F3N4/c1-2-19-7-4-9(5-8-19)17-11-16-6-3-10(18-11)12(13,14)15/h3,6,9H,2,4-5,7-8H2,1H3,(H,16,17,18). The third-order valence-corrected chi connectivity index (χ3v) is 3.31. The van der Waals surface area contributed by atoms with Crippen LogP contribution in [0.5, 0.6) is 0 Å². The van der Waals surface area contributed by atoms with E-state index in [1.54, 1.807) is 0 Å². The van der Waals surface area contributed by atoms with Crippen LogP contribution < -0.4 is 5.32 Å². The van der Waals surface area contributed by atoms with Crippen molar-refractivity contribution in [2.24, 2.45) is 0 Å². The maximum Gasteiger partial charge on any atom is 0.433 e. The number of likely N-dealkylation sites (tertiary alicyclic amines) is 1. The molecular formula is C12H17F3N4. The van der Waals surface area contributed by atoms with Gasteiger partial charge in [-0.15, -0.1) is 0 Å². The van der Waals surface area contributed by atoms with Crippen LogP contribution in [0.4, 0.5) is 19.1 Å². The van der Waals surface area contributed by atoms with Gasteiger partial charge in [0.25, 0.3) is 0 Å². The van der Waals surface area contributed by atoms with E-state index < -0.39 is 11.9 Å². The van der Waals surface area contributed by atoms with E-state index in [1.807, 2.05) is 0 Å². The largest absolute Gasteiger partial charge is 0.433 e. The minimum absolute atomic E-state index is 0.0600. The lowest BCUT2D eigenvalue weighted by atomic mass is 10.1. The fraction of sp³-hybridized carbons (Fsp3) is 0.667. The molecule has 4 nitrogen and oxygen atoms in total. The summed E-state index contributed by atoms with van der Waals surface area (Å²) in [5, 5.41) is 2.99. The molecule has 1 aromatic heterocycles. The monoisotopic (exact) mass is 274 g/mol. The van der Waals surface area contributed by atoms with Gasteiger partial charge in [-0.3, -0.25) is 0 Å². The van der Waals surface area contributed by atoms with Gasteiger partial charge in [0, 0.05) is 25.3 Å². The molecule has 0 aliphatic carbocycles. The SMILES string of the molecule is CCN1CCC(Nc2nccc(C(F)(F)F)n2)CC1. The number of nitrogens with zero attached hydrogens (tertiary/aromatic N) is 3. The molecule has 0 unspecified atom stereocenters. The highest BCUT2D eigenvalue weighted by molar-refractivity contribution is 5.27. The fourth-order valence-corrected chi connectivity index (χ4v) is 2.16. The maximum atomic E-state index is 12.5. The molecule has 106 valence electrons. The zero-order valence-electron chi connectivity index (χ0n) is 10.7. The molecule has 0 radical (unpaired) electrons. The molecule has 0 spiro atoms. The topological polar surface area (TPSA) is 41.0 Å². The Morgan fingerprint density at radius 1 is 1.37 bits per heavy atom. The molecule has 1 aliphatic heterocycles. The number of piperidine rings is 1. The summed E-state index contributed by atoms with van der Waals surface area (Å²) < 4.78 is 37.6. The molecule has 1 fully saturated rings. The fourth-order valence-electron chi connectivity index (χ4n) is 2.16. The quantitative estimate of drug-likeness (QED) is 0.919. The Balaban J connectivity index is 1.97. The van der Waals surface area contributed by atoms with Crippen molar-refractivity contribution in [2.75, 3.05) is 25.0 Å². The number of hydrogen-bond acceptors (Lipinski definition) is 4. The van der Waals surface area contributed by atoms with Gasteiger partial charge in [0.05, 0.1) is 0 Å². The van der Waals surface area contributed by atoms with Crippen molar-refractivity contribution >= 4 is 5.95 Å². The predicted molar refractivity (Wildman–Crippen MR) is 65.8 cm³/mol. The summed E-state index contributed by atoms with van der Waals surface area (Å²) >= 11 is 0. The Bertz CT molecular complexity index is 414. The second-order valence-corrected chi connectivity index (χ2v) is 4.62. The Hall–Kier alpha value is -1.37. The van der Waals surface area contributed by atoms with E-state index in [0.717, 1.165) is 44.7 Å². The van der Waals surface area contributed by atoms with E-state index in [4.69, 9.17) is 0 Å². The molecule has 1 saturated heterocycles. The Labute approximate surface area is 110 Å². The number of hydrogen-bond donors (Lipinski definition) is 1. The molecule has 0 saturated carbocycles. The lowest BCUT2D eigenvalue weighted by Gasteiger charge is -2.31. The lowest BCUT2D eigenvalue weighted by Crippen LogP contribution is -2.39. The molecule has 1 aliphatic rings. The van der Waals surface area contributed by atoms with Crippen LogP contribution in [0.15, 0.2) is 12.3 Å². The third-order valence-electron chi connectivity index (χ3n) is 3.31. The van der Waals surface area contributed by atoms with Gasteiger partial charge in [-0.1, -0.05) is 6.92 Å². The van der Waals surface area contributed by atoms with Crippen LogP contribution in [0.1, 0.15) is 25.5 Å². The van der Waals surface area contributed by atoms with Gasteiger partial charge < -0.3 is 10.2 Å². The van der Waals surface area contributed by atoms with Gasteiger partial charge >= 0.3 is 6.18 Å². The van der Waals surface area contributed by atoms with Crippen LogP contribution in [-0.4, -0.2) is 40.5 Å². The molecule has 2 heterocycles. The normalized spacial score (nSPS) is 18.5. The summed E-state index contributed by atoms with van der Waals surface area (Å²) in [6, 6.07) is 1.02.